The van der Waals surface area contributed by atoms with Crippen LogP contribution in [0.3, 0.4) is 0 Å². The van der Waals surface area contributed by atoms with E-state index in [4.69, 9.17) is 5.73 Å². The van der Waals surface area contributed by atoms with Crippen LogP contribution in [-0.2, 0) is 13.0 Å². The number of fused-ring (bicyclic) bond motifs is 1. The van der Waals surface area contributed by atoms with Gasteiger partial charge in [-0.15, -0.1) is 0 Å². The molecule has 38 heavy (non-hydrogen) atoms. The minimum Gasteiger partial charge on any atom is -0.465 e. The highest BCUT2D eigenvalue weighted by Crippen LogP contribution is 2.31. The number of carboxylic acid groups (broad SMARTS) is 1. The highest BCUT2D eigenvalue weighted by molar-refractivity contribution is 5.65. The van der Waals surface area contributed by atoms with Crippen LogP contribution in [0.1, 0.15) is 30.0 Å². The maximum atomic E-state index is 11.2. The number of likely N-dealkylation sites (tertiary alicyclic amines) is 1. The molecule has 3 aliphatic rings. The molecule has 0 atom stereocenters. The van der Waals surface area contributed by atoms with E-state index in [0.29, 0.717) is 19.0 Å². The fourth-order valence-electron chi connectivity index (χ4n) is 5.74. The number of likely N-dealkylation sites (N-methyl/N-ethyl adjacent to an activating group) is 1. The van der Waals surface area contributed by atoms with Crippen molar-refractivity contribution >= 4 is 23.7 Å². The Morgan fingerprint density at radius 2 is 1.66 bits per heavy atom. The molecule has 2 saturated heterocycles. The maximum Gasteiger partial charge on any atom is 0.407 e. The quantitative estimate of drug-likeness (QED) is 0.538. The molecule has 6 rings (SSSR count). The van der Waals surface area contributed by atoms with Crippen LogP contribution in [-0.4, -0.2) is 93.6 Å². The lowest BCUT2D eigenvalue weighted by Gasteiger charge is -2.34. The second kappa shape index (κ2) is 10.1. The predicted molar refractivity (Wildman–Crippen MR) is 146 cm³/mol. The van der Waals surface area contributed by atoms with Gasteiger partial charge < -0.3 is 30.4 Å². The van der Waals surface area contributed by atoms with Crippen LogP contribution >= 0.6 is 0 Å². The van der Waals surface area contributed by atoms with Crippen LogP contribution in [0.4, 0.5) is 22.4 Å². The molecule has 0 bridgehead atoms. The molecule has 0 saturated carbocycles. The van der Waals surface area contributed by atoms with Crippen molar-refractivity contribution in [3.8, 4) is 11.1 Å². The maximum absolute atomic E-state index is 11.2. The molecular formula is C27H35N9O2. The standard InChI is InChI=1S/C27H35N9O2/c1-32-10-12-33(13-11-32)24-15-25(31-26(28)30-24)35-7-4-19-2-3-20(14-21(19)17-35)22-16-29-36(18-22)23-5-8-34(9-6-23)27(37)38/h2-3,14-16,18,23H,4-13,17H2,1H3,(H,37,38)(H2,28,30,31). The van der Waals surface area contributed by atoms with Gasteiger partial charge in [-0.2, -0.15) is 15.1 Å². The number of anilines is 3. The van der Waals surface area contributed by atoms with Gasteiger partial charge in [-0.25, -0.2) is 4.79 Å². The largest absolute Gasteiger partial charge is 0.465 e. The Morgan fingerprint density at radius 3 is 2.39 bits per heavy atom. The third-order valence-electron chi connectivity index (χ3n) is 8.13. The molecule has 3 aliphatic heterocycles. The first-order valence-corrected chi connectivity index (χ1v) is 13.4. The highest BCUT2D eigenvalue weighted by atomic mass is 16.4. The average molecular weight is 518 g/mol. The Bertz CT molecular complexity index is 1310. The number of nitrogens with zero attached hydrogens (tertiary/aromatic N) is 8. The number of piperazine rings is 1. The first-order valence-electron chi connectivity index (χ1n) is 13.4. The second-order valence-electron chi connectivity index (χ2n) is 10.6. The third kappa shape index (κ3) is 4.98. The van der Waals surface area contributed by atoms with Gasteiger partial charge in [0.2, 0.25) is 5.95 Å². The second-order valence-corrected chi connectivity index (χ2v) is 10.6. The summed E-state index contributed by atoms with van der Waals surface area (Å²) >= 11 is 0. The van der Waals surface area contributed by atoms with E-state index in [1.807, 2.05) is 10.9 Å². The zero-order chi connectivity index (χ0) is 26.2. The van der Waals surface area contributed by atoms with Gasteiger partial charge in [0.05, 0.1) is 12.2 Å². The first kappa shape index (κ1) is 24.5. The van der Waals surface area contributed by atoms with Crippen molar-refractivity contribution in [1.29, 1.82) is 0 Å². The topological polar surface area (TPSA) is 120 Å². The number of hydrogen-bond donors (Lipinski definition) is 2. The summed E-state index contributed by atoms with van der Waals surface area (Å²) in [5.74, 6) is 2.10. The smallest absolute Gasteiger partial charge is 0.407 e. The fourth-order valence-corrected chi connectivity index (χ4v) is 5.74. The lowest BCUT2D eigenvalue weighted by molar-refractivity contribution is 0.124. The number of hydrogen-bond acceptors (Lipinski definition) is 8. The van der Waals surface area contributed by atoms with E-state index in [1.54, 1.807) is 0 Å². The minimum atomic E-state index is -0.840. The Morgan fingerprint density at radius 1 is 0.921 bits per heavy atom. The van der Waals surface area contributed by atoms with Crippen molar-refractivity contribution < 1.29 is 9.90 Å². The summed E-state index contributed by atoms with van der Waals surface area (Å²) < 4.78 is 2.00. The number of piperidine rings is 1. The van der Waals surface area contributed by atoms with E-state index < -0.39 is 6.09 Å². The Kier molecular flexibility index (Phi) is 6.52. The van der Waals surface area contributed by atoms with Crippen LogP contribution in [0.15, 0.2) is 36.7 Å². The van der Waals surface area contributed by atoms with E-state index in [-0.39, 0.29) is 6.04 Å². The lowest BCUT2D eigenvalue weighted by Crippen LogP contribution is -2.45. The van der Waals surface area contributed by atoms with E-state index in [0.717, 1.165) is 81.3 Å². The van der Waals surface area contributed by atoms with E-state index in [2.05, 4.69) is 67.3 Å². The molecule has 1 amide bonds. The van der Waals surface area contributed by atoms with Gasteiger partial charge in [-0.3, -0.25) is 4.68 Å². The molecule has 2 fully saturated rings. The van der Waals surface area contributed by atoms with Crippen molar-refractivity contribution in [2.45, 2.75) is 31.8 Å². The number of carbonyl (C=O) groups is 1. The highest BCUT2D eigenvalue weighted by Gasteiger charge is 2.25. The monoisotopic (exact) mass is 517 g/mol. The van der Waals surface area contributed by atoms with Crippen LogP contribution in [0.25, 0.3) is 11.1 Å². The molecular weight excluding hydrogens is 482 g/mol. The molecule has 3 aromatic rings. The van der Waals surface area contributed by atoms with Crippen LogP contribution < -0.4 is 15.5 Å². The molecule has 200 valence electrons. The molecule has 0 aliphatic carbocycles. The first-order chi connectivity index (χ1) is 18.4. The van der Waals surface area contributed by atoms with Gasteiger partial charge >= 0.3 is 6.09 Å². The van der Waals surface area contributed by atoms with Crippen LogP contribution in [0.2, 0.25) is 0 Å². The van der Waals surface area contributed by atoms with E-state index in [1.165, 1.54) is 16.0 Å². The molecule has 0 spiro atoms. The molecule has 2 aromatic heterocycles. The van der Waals surface area contributed by atoms with Crippen molar-refractivity contribution in [1.82, 2.24) is 29.5 Å². The zero-order valence-electron chi connectivity index (χ0n) is 21.8. The van der Waals surface area contributed by atoms with Gasteiger partial charge in [0.25, 0.3) is 0 Å². The van der Waals surface area contributed by atoms with Gasteiger partial charge in [0, 0.05) is 70.2 Å². The number of nitrogens with two attached hydrogens (primary N) is 1. The molecule has 0 radical (unpaired) electrons. The Hall–Kier alpha value is -3.86. The van der Waals surface area contributed by atoms with Crippen LogP contribution in [0, 0.1) is 0 Å². The SMILES string of the molecule is CN1CCN(c2cc(N3CCc4ccc(-c5cnn(C6CCN(C(=O)O)CC6)c5)cc4C3)nc(N)n2)CC1. The average Bonchev–Trinajstić information content (AvgIpc) is 3.43. The predicted octanol–water partition coefficient (Wildman–Crippen LogP) is 2.55. The Labute approximate surface area is 222 Å². The van der Waals surface area contributed by atoms with Gasteiger partial charge in [-0.1, -0.05) is 12.1 Å². The van der Waals surface area contributed by atoms with Crippen molar-refractivity contribution in [3.63, 3.8) is 0 Å². The molecule has 11 nitrogen and oxygen atoms in total. The van der Waals surface area contributed by atoms with Crippen molar-refractivity contribution in [2.75, 3.05) is 68.4 Å². The number of amides is 1. The summed E-state index contributed by atoms with van der Waals surface area (Å²) in [5, 5.41) is 13.8. The summed E-state index contributed by atoms with van der Waals surface area (Å²) in [7, 11) is 2.15. The summed E-state index contributed by atoms with van der Waals surface area (Å²) in [4.78, 5) is 28.7. The number of rotatable bonds is 4. The number of benzene rings is 1. The minimum absolute atomic E-state index is 0.227. The zero-order valence-corrected chi connectivity index (χ0v) is 21.8. The van der Waals surface area contributed by atoms with Gasteiger partial charge in [-0.05, 0) is 49.1 Å². The number of aromatic nitrogens is 4. The molecule has 5 heterocycles. The lowest BCUT2D eigenvalue weighted by atomic mass is 9.95. The summed E-state index contributed by atoms with van der Waals surface area (Å²) in [6.07, 6.45) is 5.68. The Balaban J connectivity index is 1.18. The molecule has 1 aromatic carbocycles. The summed E-state index contributed by atoms with van der Waals surface area (Å²) in [6.45, 7) is 6.65. The number of nitrogen functional groups attached to an aromatic ring is 1. The summed E-state index contributed by atoms with van der Waals surface area (Å²) in [6, 6.07) is 8.98. The molecule has 0 unspecified atom stereocenters. The van der Waals surface area contributed by atoms with Gasteiger partial charge in [0.1, 0.15) is 11.6 Å². The third-order valence-corrected chi connectivity index (χ3v) is 8.13. The summed E-state index contributed by atoms with van der Waals surface area (Å²) in [5.41, 5.74) is 11.0. The fraction of sp³-hybridized carbons (Fsp3) is 0.481. The van der Waals surface area contributed by atoms with Gasteiger partial charge in [0.15, 0.2) is 0 Å². The van der Waals surface area contributed by atoms with Crippen molar-refractivity contribution in [2.24, 2.45) is 0 Å². The van der Waals surface area contributed by atoms with E-state index in [9.17, 15) is 9.90 Å². The normalized spacial score (nSPS) is 19.0. The van der Waals surface area contributed by atoms with Crippen molar-refractivity contribution in [3.05, 3.63) is 47.8 Å². The van der Waals surface area contributed by atoms with Crippen LogP contribution in [0.5, 0.6) is 0 Å². The van der Waals surface area contributed by atoms with E-state index >= 15 is 0 Å². The molecule has 11 heteroatoms. The molecule has 3 N–H and O–H groups in total.